The van der Waals surface area contributed by atoms with E-state index in [1.807, 2.05) is 41.3 Å². The van der Waals surface area contributed by atoms with Crippen LogP contribution in [-0.4, -0.2) is 46.4 Å². The first kappa shape index (κ1) is 23.4. The van der Waals surface area contributed by atoms with Gasteiger partial charge in [-0.15, -0.1) is 0 Å². The summed E-state index contributed by atoms with van der Waals surface area (Å²) in [6.07, 6.45) is 2.52. The lowest BCUT2D eigenvalue weighted by molar-refractivity contribution is -0.123. The summed E-state index contributed by atoms with van der Waals surface area (Å²) in [6, 6.07) is 20.9. The quantitative estimate of drug-likeness (QED) is 0.635. The van der Waals surface area contributed by atoms with Crippen molar-refractivity contribution in [2.75, 3.05) is 6.61 Å². The van der Waals surface area contributed by atoms with Crippen LogP contribution in [0.3, 0.4) is 0 Å². The van der Waals surface area contributed by atoms with Gasteiger partial charge in [0.25, 0.3) is 0 Å². The number of Topliss-reactive ketones (excluding diaryl/α,β-unsaturated/α-hetero) is 1. The van der Waals surface area contributed by atoms with Gasteiger partial charge >= 0.3 is 6.09 Å². The molecule has 2 unspecified atom stereocenters. The van der Waals surface area contributed by atoms with Crippen molar-refractivity contribution in [1.29, 1.82) is 0 Å². The SMILES string of the molecule is C[C@@H](COC(=O)N1C2CCC1CC(=O)C2)N(Cc1ccccc1)Cc1ccccc1.S. The molecule has 0 aromatic heterocycles. The van der Waals surface area contributed by atoms with E-state index in [0.29, 0.717) is 19.4 Å². The molecule has 166 valence electrons. The van der Waals surface area contributed by atoms with Crippen LogP contribution in [0.25, 0.3) is 0 Å². The maximum atomic E-state index is 12.8. The van der Waals surface area contributed by atoms with Crippen molar-refractivity contribution in [2.24, 2.45) is 0 Å². The van der Waals surface area contributed by atoms with E-state index in [1.165, 1.54) is 11.1 Å². The average molecular weight is 441 g/mol. The van der Waals surface area contributed by atoms with E-state index in [-0.39, 0.29) is 43.5 Å². The first-order valence-corrected chi connectivity index (χ1v) is 10.9. The molecule has 2 heterocycles. The minimum atomic E-state index is -0.263. The Morgan fingerprint density at radius 2 is 1.45 bits per heavy atom. The van der Waals surface area contributed by atoms with Crippen molar-refractivity contribution < 1.29 is 14.3 Å². The molecule has 6 heteroatoms. The fraction of sp³-hybridized carbons (Fsp3) is 0.440. The van der Waals surface area contributed by atoms with Crippen molar-refractivity contribution in [3.8, 4) is 0 Å². The zero-order valence-corrected chi connectivity index (χ0v) is 19.1. The summed E-state index contributed by atoms with van der Waals surface area (Å²) in [7, 11) is 0. The minimum absolute atomic E-state index is 0. The van der Waals surface area contributed by atoms with Gasteiger partial charge in [0.2, 0.25) is 0 Å². The molecule has 0 spiro atoms. The van der Waals surface area contributed by atoms with Crippen LogP contribution in [0.5, 0.6) is 0 Å². The summed E-state index contributed by atoms with van der Waals surface area (Å²) in [5, 5.41) is 0. The highest BCUT2D eigenvalue weighted by Crippen LogP contribution is 2.34. The molecule has 2 aliphatic rings. The maximum Gasteiger partial charge on any atom is 0.410 e. The molecule has 0 N–H and O–H groups in total. The zero-order valence-electron chi connectivity index (χ0n) is 18.1. The number of benzene rings is 2. The normalized spacial score (nSPS) is 21.0. The molecule has 0 saturated carbocycles. The molecule has 2 bridgehead atoms. The summed E-state index contributed by atoms with van der Waals surface area (Å²) in [4.78, 5) is 28.8. The Bertz CT molecular complexity index is 804. The molecule has 2 saturated heterocycles. The highest BCUT2D eigenvalue weighted by molar-refractivity contribution is 7.59. The molecule has 5 nitrogen and oxygen atoms in total. The molecule has 2 fully saturated rings. The Morgan fingerprint density at radius 1 is 0.968 bits per heavy atom. The van der Waals surface area contributed by atoms with E-state index >= 15 is 0 Å². The number of piperidine rings is 1. The molecule has 0 aliphatic carbocycles. The van der Waals surface area contributed by atoms with Gasteiger partial charge in [0.1, 0.15) is 12.4 Å². The average Bonchev–Trinajstić information content (AvgIpc) is 3.04. The third-order valence-corrected chi connectivity index (χ3v) is 6.29. The van der Waals surface area contributed by atoms with Crippen molar-refractivity contribution in [3.05, 3.63) is 71.8 Å². The molecule has 0 radical (unpaired) electrons. The third kappa shape index (κ3) is 5.89. The first-order chi connectivity index (χ1) is 14.6. The van der Waals surface area contributed by atoms with E-state index in [0.717, 1.165) is 25.9 Å². The lowest BCUT2D eigenvalue weighted by Gasteiger charge is -2.34. The fourth-order valence-corrected chi connectivity index (χ4v) is 4.64. The van der Waals surface area contributed by atoms with E-state index in [1.54, 1.807) is 0 Å². The Balaban J connectivity index is 0.00000272. The van der Waals surface area contributed by atoms with Gasteiger partial charge in [-0.25, -0.2) is 4.79 Å². The first-order valence-electron chi connectivity index (χ1n) is 10.9. The van der Waals surface area contributed by atoms with Crippen LogP contribution in [-0.2, 0) is 22.6 Å². The topological polar surface area (TPSA) is 49.9 Å². The zero-order chi connectivity index (χ0) is 20.9. The van der Waals surface area contributed by atoms with Gasteiger partial charge in [0.15, 0.2) is 0 Å². The predicted octanol–water partition coefficient (Wildman–Crippen LogP) is 4.52. The van der Waals surface area contributed by atoms with E-state index in [4.69, 9.17) is 4.74 Å². The smallest absolute Gasteiger partial charge is 0.410 e. The number of ketones is 1. The Morgan fingerprint density at radius 3 is 1.94 bits per heavy atom. The summed E-state index contributed by atoms with van der Waals surface area (Å²) in [5.41, 5.74) is 2.47. The van der Waals surface area contributed by atoms with Gasteiger partial charge in [-0.1, -0.05) is 60.7 Å². The highest BCUT2D eigenvalue weighted by atomic mass is 32.1. The lowest BCUT2D eigenvalue weighted by Crippen LogP contribution is -2.48. The number of hydrogen-bond donors (Lipinski definition) is 0. The standard InChI is InChI=1S/C25H30N2O3.H2S/c1-19(18-30-25(29)27-22-12-13-23(27)15-24(28)14-22)26(16-20-8-4-2-5-9-20)17-21-10-6-3-7-11-21;/h2-11,19,22-23H,12-18H2,1H3;1H2/t19-,22?,23?;/m0./s1. The van der Waals surface area contributed by atoms with Crippen molar-refractivity contribution in [1.82, 2.24) is 9.80 Å². The van der Waals surface area contributed by atoms with Crippen LogP contribution < -0.4 is 0 Å². The summed E-state index contributed by atoms with van der Waals surface area (Å²) < 4.78 is 5.75. The molecule has 1 amide bonds. The van der Waals surface area contributed by atoms with Gasteiger partial charge in [0, 0.05) is 44.1 Å². The number of amides is 1. The van der Waals surface area contributed by atoms with Crippen molar-refractivity contribution in [3.63, 3.8) is 0 Å². The molecule has 2 aliphatic heterocycles. The van der Waals surface area contributed by atoms with Crippen LogP contribution in [0.15, 0.2) is 60.7 Å². The van der Waals surface area contributed by atoms with Crippen molar-refractivity contribution in [2.45, 2.75) is 63.8 Å². The number of nitrogens with zero attached hydrogens (tertiary/aromatic N) is 2. The summed E-state index contributed by atoms with van der Waals surface area (Å²) >= 11 is 0. The summed E-state index contributed by atoms with van der Waals surface area (Å²) in [5.74, 6) is 0.275. The van der Waals surface area contributed by atoms with Gasteiger partial charge in [0.05, 0.1) is 0 Å². The Labute approximate surface area is 191 Å². The Hall–Kier alpha value is -2.31. The Kier molecular flexibility index (Phi) is 8.15. The number of carbonyl (C=O) groups is 2. The molecular formula is C25H32N2O3S. The van der Waals surface area contributed by atoms with Gasteiger partial charge in [-0.3, -0.25) is 9.69 Å². The van der Waals surface area contributed by atoms with E-state index in [9.17, 15) is 9.59 Å². The third-order valence-electron chi connectivity index (χ3n) is 6.29. The molecule has 31 heavy (non-hydrogen) atoms. The van der Waals surface area contributed by atoms with E-state index < -0.39 is 0 Å². The van der Waals surface area contributed by atoms with Crippen molar-refractivity contribution >= 4 is 25.4 Å². The largest absolute Gasteiger partial charge is 0.448 e. The molecule has 4 rings (SSSR count). The number of hydrogen-bond acceptors (Lipinski definition) is 4. The molecule has 2 aromatic rings. The lowest BCUT2D eigenvalue weighted by atomic mass is 10.0. The number of rotatable bonds is 7. The fourth-order valence-electron chi connectivity index (χ4n) is 4.64. The van der Waals surface area contributed by atoms with Crippen LogP contribution in [0, 0.1) is 0 Å². The number of carbonyl (C=O) groups excluding carboxylic acids is 2. The molecule has 3 atom stereocenters. The second kappa shape index (κ2) is 10.8. The van der Waals surface area contributed by atoms with Crippen LogP contribution in [0.2, 0.25) is 0 Å². The minimum Gasteiger partial charge on any atom is -0.448 e. The second-order valence-corrected chi connectivity index (χ2v) is 8.54. The number of fused-ring (bicyclic) bond motifs is 2. The van der Waals surface area contributed by atoms with Crippen LogP contribution >= 0.6 is 13.5 Å². The maximum absolute atomic E-state index is 12.8. The highest BCUT2D eigenvalue weighted by Gasteiger charge is 2.43. The molecule has 2 aromatic carbocycles. The van der Waals surface area contributed by atoms with Crippen LogP contribution in [0.4, 0.5) is 4.79 Å². The van der Waals surface area contributed by atoms with Gasteiger partial charge in [-0.05, 0) is 30.9 Å². The monoisotopic (exact) mass is 440 g/mol. The summed E-state index contributed by atoms with van der Waals surface area (Å²) in [6.45, 7) is 4.02. The van der Waals surface area contributed by atoms with Gasteiger partial charge < -0.3 is 9.64 Å². The number of ether oxygens (including phenoxy) is 1. The van der Waals surface area contributed by atoms with Crippen LogP contribution in [0.1, 0.15) is 43.7 Å². The molecular weight excluding hydrogens is 408 g/mol. The second-order valence-electron chi connectivity index (χ2n) is 8.54. The predicted molar refractivity (Wildman–Crippen MR) is 126 cm³/mol. The van der Waals surface area contributed by atoms with Gasteiger partial charge in [-0.2, -0.15) is 13.5 Å². The van der Waals surface area contributed by atoms with E-state index in [2.05, 4.69) is 36.1 Å².